The second-order valence-corrected chi connectivity index (χ2v) is 5.84. The summed E-state index contributed by atoms with van der Waals surface area (Å²) in [6, 6.07) is 1.23. The zero-order valence-corrected chi connectivity index (χ0v) is 14.7. The van der Waals surface area contributed by atoms with Gasteiger partial charge in [0.25, 0.3) is 11.4 Å². The molecule has 1 aromatic rings. The summed E-state index contributed by atoms with van der Waals surface area (Å²) in [6.45, 7) is 4.89. The first kappa shape index (κ1) is 20.8. The molecule has 142 valence electrons. The molecule has 0 aliphatic rings. The molecule has 0 aromatic heterocycles. The second kappa shape index (κ2) is 8.74. The van der Waals surface area contributed by atoms with E-state index in [-0.39, 0.29) is 11.6 Å². The third-order valence-electron chi connectivity index (χ3n) is 3.57. The normalized spacial score (nSPS) is 12.8. The number of anilines is 1. The molecule has 0 saturated heterocycles. The highest BCUT2D eigenvalue weighted by atomic mass is 16.6. The van der Waals surface area contributed by atoms with Gasteiger partial charge in [-0.2, -0.15) is 0 Å². The topological polar surface area (TPSA) is 154 Å². The van der Waals surface area contributed by atoms with Gasteiger partial charge in [0.1, 0.15) is 17.8 Å². The average Bonchev–Trinajstić information content (AvgIpc) is 2.58. The number of nitrogens with zero attached hydrogens (tertiary/aromatic N) is 2. The summed E-state index contributed by atoms with van der Waals surface area (Å²) >= 11 is 0. The number of hydrogen-bond acceptors (Lipinski definition) is 8. The Morgan fingerprint density at radius 2 is 1.73 bits per heavy atom. The summed E-state index contributed by atoms with van der Waals surface area (Å²) in [6.07, 6.45) is 0. The molecule has 1 amide bonds. The molecule has 2 atom stereocenters. The van der Waals surface area contributed by atoms with Crippen molar-refractivity contribution < 1.29 is 24.2 Å². The highest BCUT2D eigenvalue weighted by molar-refractivity contribution is 5.89. The monoisotopic (exact) mass is 368 g/mol. The molecule has 0 aliphatic heterocycles. The fourth-order valence-electron chi connectivity index (χ4n) is 2.11. The summed E-state index contributed by atoms with van der Waals surface area (Å²) in [5.41, 5.74) is -1.03. The number of amides is 1. The van der Waals surface area contributed by atoms with Gasteiger partial charge in [-0.25, -0.2) is 4.79 Å². The molecule has 0 saturated carbocycles. The standard InChI is InChI=1S/C15H20N4O7/c1-8(2)13(15(21)26-4)17-14(20)9(3)16-11-6-5-10(18(22)23)7-12(11)19(24)25/h5-9,13,16H,1-4H3,(H,17,20)/t9-,13-/m0/s1. The average molecular weight is 368 g/mol. The Labute approximate surface area is 149 Å². The number of non-ortho nitro benzene ring substituents is 1. The molecule has 26 heavy (non-hydrogen) atoms. The summed E-state index contributed by atoms with van der Waals surface area (Å²) < 4.78 is 4.63. The Kier molecular flexibility index (Phi) is 6.99. The predicted octanol–water partition coefficient (Wildman–Crippen LogP) is 1.62. The molecule has 11 heteroatoms. The van der Waals surface area contributed by atoms with Crippen molar-refractivity contribution in [1.82, 2.24) is 5.32 Å². The van der Waals surface area contributed by atoms with Gasteiger partial charge in [0, 0.05) is 6.07 Å². The lowest BCUT2D eigenvalue weighted by Gasteiger charge is -2.22. The van der Waals surface area contributed by atoms with E-state index in [1.54, 1.807) is 13.8 Å². The van der Waals surface area contributed by atoms with Crippen LogP contribution in [0.15, 0.2) is 18.2 Å². The van der Waals surface area contributed by atoms with Crippen LogP contribution >= 0.6 is 0 Å². The van der Waals surface area contributed by atoms with Crippen LogP contribution in [0, 0.1) is 26.1 Å². The largest absolute Gasteiger partial charge is 0.467 e. The van der Waals surface area contributed by atoms with Gasteiger partial charge in [-0.05, 0) is 18.9 Å². The van der Waals surface area contributed by atoms with E-state index < -0.39 is 45.2 Å². The van der Waals surface area contributed by atoms with Gasteiger partial charge >= 0.3 is 5.97 Å². The number of nitro benzene ring substituents is 2. The van der Waals surface area contributed by atoms with Crippen molar-refractivity contribution in [3.05, 3.63) is 38.4 Å². The molecule has 1 rings (SSSR count). The molecule has 0 unspecified atom stereocenters. The van der Waals surface area contributed by atoms with Crippen molar-refractivity contribution in [2.24, 2.45) is 5.92 Å². The van der Waals surface area contributed by atoms with Crippen LogP contribution in [0.5, 0.6) is 0 Å². The number of carbonyl (C=O) groups excluding carboxylic acids is 2. The van der Waals surface area contributed by atoms with Crippen molar-refractivity contribution in [3.8, 4) is 0 Å². The minimum Gasteiger partial charge on any atom is -0.467 e. The number of rotatable bonds is 8. The summed E-state index contributed by atoms with van der Waals surface area (Å²) in [5.74, 6) is -1.42. The first-order valence-corrected chi connectivity index (χ1v) is 7.66. The van der Waals surface area contributed by atoms with Crippen molar-refractivity contribution in [2.75, 3.05) is 12.4 Å². The lowest BCUT2D eigenvalue weighted by atomic mass is 10.0. The molecule has 11 nitrogen and oxygen atoms in total. The number of esters is 1. The highest BCUT2D eigenvalue weighted by Gasteiger charge is 2.28. The van der Waals surface area contributed by atoms with Gasteiger partial charge < -0.3 is 15.4 Å². The van der Waals surface area contributed by atoms with Crippen LogP contribution in [-0.4, -0.2) is 40.9 Å². The van der Waals surface area contributed by atoms with E-state index in [0.29, 0.717) is 0 Å². The molecule has 0 aliphatic carbocycles. The summed E-state index contributed by atoms with van der Waals surface area (Å²) in [5, 5.41) is 27.0. The van der Waals surface area contributed by atoms with E-state index in [2.05, 4.69) is 15.4 Å². The molecule has 0 spiro atoms. The van der Waals surface area contributed by atoms with Gasteiger partial charge in [0.05, 0.1) is 23.0 Å². The van der Waals surface area contributed by atoms with Gasteiger partial charge in [0.15, 0.2) is 0 Å². The van der Waals surface area contributed by atoms with Crippen LogP contribution in [-0.2, 0) is 14.3 Å². The highest BCUT2D eigenvalue weighted by Crippen LogP contribution is 2.29. The molecule has 0 bridgehead atoms. The zero-order valence-electron chi connectivity index (χ0n) is 14.7. The van der Waals surface area contributed by atoms with Crippen LogP contribution in [0.1, 0.15) is 20.8 Å². The zero-order chi connectivity index (χ0) is 20.0. The molecular weight excluding hydrogens is 348 g/mol. The van der Waals surface area contributed by atoms with Crippen LogP contribution in [0.3, 0.4) is 0 Å². The predicted molar refractivity (Wildman–Crippen MR) is 91.6 cm³/mol. The molecular formula is C15H20N4O7. The Bertz CT molecular complexity index is 720. The third-order valence-corrected chi connectivity index (χ3v) is 3.57. The maximum absolute atomic E-state index is 12.3. The van der Waals surface area contributed by atoms with E-state index in [0.717, 1.165) is 18.2 Å². The fourth-order valence-corrected chi connectivity index (χ4v) is 2.11. The van der Waals surface area contributed by atoms with Crippen LogP contribution < -0.4 is 10.6 Å². The SMILES string of the molecule is COC(=O)[C@@H](NC(=O)[C@H](C)Nc1ccc([N+](=O)[O-])cc1[N+](=O)[O-])C(C)C. The lowest BCUT2D eigenvalue weighted by molar-refractivity contribution is -0.393. The molecule has 0 heterocycles. The van der Waals surface area contributed by atoms with Crippen molar-refractivity contribution in [2.45, 2.75) is 32.9 Å². The third kappa shape index (κ3) is 5.13. The van der Waals surface area contributed by atoms with Crippen LogP contribution in [0.4, 0.5) is 17.1 Å². The summed E-state index contributed by atoms with van der Waals surface area (Å²) in [7, 11) is 1.20. The number of ether oxygens (including phenoxy) is 1. The molecule has 0 fully saturated rings. The Hall–Kier alpha value is -3.24. The Morgan fingerprint density at radius 1 is 1.12 bits per heavy atom. The van der Waals surface area contributed by atoms with Gasteiger partial charge in [0.2, 0.25) is 5.91 Å². The maximum atomic E-state index is 12.3. The first-order chi connectivity index (χ1) is 12.1. The maximum Gasteiger partial charge on any atom is 0.328 e. The van der Waals surface area contributed by atoms with E-state index >= 15 is 0 Å². The minimum absolute atomic E-state index is 0.0533. The Balaban J connectivity index is 2.97. The molecule has 1 aromatic carbocycles. The molecule has 2 N–H and O–H groups in total. The number of nitro groups is 2. The van der Waals surface area contributed by atoms with E-state index in [1.807, 2.05) is 0 Å². The van der Waals surface area contributed by atoms with E-state index in [9.17, 15) is 29.8 Å². The second-order valence-electron chi connectivity index (χ2n) is 5.84. The van der Waals surface area contributed by atoms with Crippen molar-refractivity contribution in [3.63, 3.8) is 0 Å². The molecule has 0 radical (unpaired) electrons. The fraction of sp³-hybridized carbons (Fsp3) is 0.467. The number of hydrogen-bond donors (Lipinski definition) is 2. The number of methoxy groups -OCH3 is 1. The van der Waals surface area contributed by atoms with E-state index in [4.69, 9.17) is 0 Å². The van der Waals surface area contributed by atoms with Crippen LogP contribution in [0.25, 0.3) is 0 Å². The minimum atomic E-state index is -0.943. The van der Waals surface area contributed by atoms with Crippen molar-refractivity contribution in [1.29, 1.82) is 0 Å². The smallest absolute Gasteiger partial charge is 0.328 e. The number of nitrogens with one attached hydrogen (secondary N) is 2. The van der Waals surface area contributed by atoms with Crippen molar-refractivity contribution >= 4 is 28.9 Å². The number of benzene rings is 1. The summed E-state index contributed by atoms with van der Waals surface area (Å²) in [4.78, 5) is 44.3. The van der Waals surface area contributed by atoms with Gasteiger partial charge in [-0.3, -0.25) is 25.0 Å². The van der Waals surface area contributed by atoms with Gasteiger partial charge in [-0.15, -0.1) is 0 Å². The lowest BCUT2D eigenvalue weighted by Crippen LogP contribution is -2.49. The van der Waals surface area contributed by atoms with E-state index in [1.165, 1.54) is 14.0 Å². The Morgan fingerprint density at radius 3 is 2.19 bits per heavy atom. The number of carbonyl (C=O) groups is 2. The quantitative estimate of drug-likeness (QED) is 0.398. The first-order valence-electron chi connectivity index (χ1n) is 7.66. The van der Waals surface area contributed by atoms with Gasteiger partial charge in [-0.1, -0.05) is 13.8 Å². The van der Waals surface area contributed by atoms with Crippen LogP contribution in [0.2, 0.25) is 0 Å².